The van der Waals surface area contributed by atoms with Crippen molar-refractivity contribution in [2.24, 2.45) is 0 Å². The van der Waals surface area contributed by atoms with Gasteiger partial charge < -0.3 is 9.53 Å². The molecular weight excluding hydrogens is 676 g/mol. The molecule has 9 heteroatoms. The van der Waals surface area contributed by atoms with Gasteiger partial charge in [-0.1, -0.05) is 111 Å². The molecule has 0 aliphatic rings. The van der Waals surface area contributed by atoms with Crippen LogP contribution in [0.4, 0.5) is 0 Å². The SMILES string of the molecule is CC(=O)c1ccc(CO)c(Br)c1.CC(=O)c1ccc(CO[Si](C)(C)C(C)(C)C)c(Br)c1.CC(C)(C)[Si](C)(C)Cl. The van der Waals surface area contributed by atoms with Crippen LogP contribution in [0, 0.1) is 0 Å². The van der Waals surface area contributed by atoms with Crippen LogP contribution in [0.25, 0.3) is 0 Å². The van der Waals surface area contributed by atoms with Gasteiger partial charge in [0.05, 0.1) is 13.2 Å². The highest BCUT2D eigenvalue weighted by Crippen LogP contribution is 2.38. The van der Waals surface area contributed by atoms with E-state index >= 15 is 0 Å². The summed E-state index contributed by atoms with van der Waals surface area (Å²) in [6.45, 7) is 25.8. The number of Topliss-reactive ketones (excluding diaryl/α,β-unsaturated/α-hetero) is 2. The fraction of sp³-hybridized carbons (Fsp3) is 0.533. The van der Waals surface area contributed by atoms with Gasteiger partial charge in [-0.05, 0) is 60.3 Å². The molecule has 0 atom stereocenters. The van der Waals surface area contributed by atoms with Crippen LogP contribution in [-0.4, -0.2) is 32.4 Å². The van der Waals surface area contributed by atoms with Crippen molar-refractivity contribution < 1.29 is 19.1 Å². The van der Waals surface area contributed by atoms with E-state index in [1.807, 2.05) is 18.2 Å². The third-order valence-electron chi connectivity index (χ3n) is 7.27. The van der Waals surface area contributed by atoms with Crippen LogP contribution < -0.4 is 0 Å². The second kappa shape index (κ2) is 15.6. The summed E-state index contributed by atoms with van der Waals surface area (Å²) >= 11 is 12.9. The van der Waals surface area contributed by atoms with Crippen molar-refractivity contribution in [1.82, 2.24) is 0 Å². The van der Waals surface area contributed by atoms with Crippen molar-refractivity contribution in [3.63, 3.8) is 0 Å². The lowest BCUT2D eigenvalue weighted by molar-refractivity contribution is 0.100. The van der Waals surface area contributed by atoms with Crippen LogP contribution in [0.3, 0.4) is 0 Å². The minimum atomic E-state index is -1.73. The summed E-state index contributed by atoms with van der Waals surface area (Å²) in [5, 5.41) is 9.38. The van der Waals surface area contributed by atoms with E-state index in [1.165, 1.54) is 6.92 Å². The highest BCUT2D eigenvalue weighted by molar-refractivity contribution is 9.10. The molecule has 4 nitrogen and oxygen atoms in total. The maximum atomic E-state index is 11.3. The molecule has 0 fully saturated rings. The summed E-state index contributed by atoms with van der Waals surface area (Å²) in [7, 11) is -3.12. The van der Waals surface area contributed by atoms with Crippen LogP contribution in [-0.2, 0) is 17.6 Å². The van der Waals surface area contributed by atoms with Gasteiger partial charge in [0.15, 0.2) is 27.3 Å². The molecule has 0 aliphatic carbocycles. The van der Waals surface area contributed by atoms with E-state index < -0.39 is 15.7 Å². The zero-order chi connectivity index (χ0) is 31.0. The first kappa shape index (κ1) is 38.4. The Kier molecular flexibility index (Phi) is 15.3. The van der Waals surface area contributed by atoms with Crippen molar-refractivity contribution in [2.45, 2.75) is 105 Å². The first-order chi connectivity index (χ1) is 17.4. The minimum absolute atomic E-state index is 0.0151. The van der Waals surface area contributed by atoms with E-state index in [0.29, 0.717) is 17.2 Å². The number of hydrogen-bond acceptors (Lipinski definition) is 4. The lowest BCUT2D eigenvalue weighted by Crippen LogP contribution is -2.40. The smallest absolute Gasteiger partial charge is 0.192 e. The fourth-order valence-electron chi connectivity index (χ4n) is 2.25. The molecule has 0 spiro atoms. The highest BCUT2D eigenvalue weighted by Gasteiger charge is 2.37. The van der Waals surface area contributed by atoms with Gasteiger partial charge in [-0.25, -0.2) is 0 Å². The molecule has 2 aromatic carbocycles. The summed E-state index contributed by atoms with van der Waals surface area (Å²) in [6.07, 6.45) is 0. The molecule has 0 radical (unpaired) electrons. The Labute approximate surface area is 260 Å². The molecule has 0 unspecified atom stereocenters. The van der Waals surface area contributed by atoms with E-state index in [0.717, 1.165) is 25.6 Å². The number of benzene rings is 2. The average molecular weight is 723 g/mol. The number of ketones is 2. The third kappa shape index (κ3) is 13.3. The molecule has 2 rings (SSSR count). The van der Waals surface area contributed by atoms with Crippen molar-refractivity contribution in [2.75, 3.05) is 0 Å². The van der Waals surface area contributed by atoms with E-state index in [-0.39, 0.29) is 23.2 Å². The van der Waals surface area contributed by atoms with Crippen molar-refractivity contribution >= 4 is 70.2 Å². The second-order valence-corrected chi connectivity index (χ2v) is 26.5. The Morgan fingerprint density at radius 1 is 0.795 bits per heavy atom. The van der Waals surface area contributed by atoms with E-state index in [2.05, 4.69) is 99.6 Å². The molecule has 0 aromatic heterocycles. The van der Waals surface area contributed by atoms with Crippen LogP contribution in [0.2, 0.25) is 36.3 Å². The third-order valence-corrected chi connectivity index (χ3v) is 18.5. The number of rotatable bonds is 6. The van der Waals surface area contributed by atoms with Gasteiger partial charge in [0.2, 0.25) is 0 Å². The fourth-order valence-corrected chi connectivity index (χ4v) is 4.20. The lowest BCUT2D eigenvalue weighted by atomic mass is 10.1. The largest absolute Gasteiger partial charge is 0.413 e. The van der Waals surface area contributed by atoms with Gasteiger partial charge in [-0.15, -0.1) is 0 Å². The van der Waals surface area contributed by atoms with Crippen LogP contribution in [0.1, 0.15) is 87.2 Å². The summed E-state index contributed by atoms with van der Waals surface area (Å²) in [5.74, 6) is 0.109. The molecular formula is C30H47Br2ClO4Si2. The first-order valence-electron chi connectivity index (χ1n) is 13.0. The van der Waals surface area contributed by atoms with Crippen molar-refractivity contribution in [1.29, 1.82) is 0 Å². The monoisotopic (exact) mass is 720 g/mol. The Morgan fingerprint density at radius 3 is 1.41 bits per heavy atom. The van der Waals surface area contributed by atoms with Gasteiger partial charge in [-0.3, -0.25) is 9.59 Å². The Hall–Kier alpha value is -0.616. The van der Waals surface area contributed by atoms with Gasteiger partial charge in [-0.2, -0.15) is 11.1 Å². The van der Waals surface area contributed by atoms with E-state index in [4.69, 9.17) is 20.6 Å². The number of aliphatic hydroxyl groups excluding tert-OH is 1. The summed E-state index contributed by atoms with van der Waals surface area (Å²) < 4.78 is 7.90. The van der Waals surface area contributed by atoms with E-state index in [9.17, 15) is 9.59 Å². The zero-order valence-corrected chi connectivity index (χ0v) is 31.6. The van der Waals surface area contributed by atoms with Crippen molar-refractivity contribution in [3.05, 3.63) is 67.6 Å². The quantitative estimate of drug-likeness (QED) is 0.183. The molecule has 0 aliphatic heterocycles. The molecule has 220 valence electrons. The van der Waals surface area contributed by atoms with Crippen LogP contribution in [0.15, 0.2) is 45.3 Å². The molecule has 1 N–H and O–H groups in total. The summed E-state index contributed by atoms with van der Waals surface area (Å²) in [6, 6.07) is 10.9. The maximum absolute atomic E-state index is 11.3. The lowest BCUT2D eigenvalue weighted by Gasteiger charge is -2.36. The Bertz CT molecular complexity index is 1100. The Morgan fingerprint density at radius 2 is 1.15 bits per heavy atom. The predicted octanol–water partition coefficient (Wildman–Crippen LogP) is 10.5. The normalized spacial score (nSPS) is 12.1. The van der Waals surface area contributed by atoms with Gasteiger partial charge in [0.1, 0.15) is 0 Å². The summed E-state index contributed by atoms with van der Waals surface area (Å²) in [5.41, 5.74) is 3.26. The number of hydrogen-bond donors (Lipinski definition) is 1. The van der Waals surface area contributed by atoms with Gasteiger partial charge in [0.25, 0.3) is 0 Å². The number of aliphatic hydroxyl groups is 1. The molecule has 0 heterocycles. The second-order valence-electron chi connectivity index (χ2n) is 12.7. The number of carbonyl (C=O) groups excluding carboxylic acids is 2. The topological polar surface area (TPSA) is 63.6 Å². The van der Waals surface area contributed by atoms with Crippen LogP contribution in [0.5, 0.6) is 0 Å². The van der Waals surface area contributed by atoms with Crippen molar-refractivity contribution in [3.8, 4) is 0 Å². The molecule has 0 bridgehead atoms. The maximum Gasteiger partial charge on any atom is 0.192 e. The molecule has 2 aromatic rings. The number of halogens is 3. The molecule has 0 amide bonds. The standard InChI is InChI=1S/C15H23BrO2Si.C9H9BrO2.C6H15ClSi/c1-11(17)12-7-8-13(14(16)9-12)10-18-19(5,6)15(2,3)4;1-6(12)7-2-3-8(5-11)9(10)4-7;1-6(2,3)8(4,5)7/h7-9H,10H2,1-6H3;2-4,11H,5H2,1H3;1-5H3. The Balaban J connectivity index is 0.000000616. The zero-order valence-electron chi connectivity index (χ0n) is 25.7. The van der Waals surface area contributed by atoms with Crippen LogP contribution >= 0.6 is 42.9 Å². The van der Waals surface area contributed by atoms with E-state index in [1.54, 1.807) is 25.1 Å². The first-order valence-corrected chi connectivity index (χ1v) is 21.5. The minimum Gasteiger partial charge on any atom is -0.413 e. The van der Waals surface area contributed by atoms with Gasteiger partial charge in [0, 0.05) is 20.1 Å². The average Bonchev–Trinajstić information content (AvgIpc) is 2.76. The molecule has 39 heavy (non-hydrogen) atoms. The highest BCUT2D eigenvalue weighted by atomic mass is 79.9. The predicted molar refractivity (Wildman–Crippen MR) is 179 cm³/mol. The summed E-state index contributed by atoms with van der Waals surface area (Å²) in [4.78, 5) is 22.2. The van der Waals surface area contributed by atoms with Gasteiger partial charge >= 0.3 is 0 Å². The molecule has 0 saturated heterocycles. The number of carbonyl (C=O) groups is 2. The molecule has 0 saturated carbocycles.